The Morgan fingerprint density at radius 3 is 2.64 bits per heavy atom. The zero-order valence-electron chi connectivity index (χ0n) is 16.7. The molecule has 150 valence electrons. The van der Waals surface area contributed by atoms with E-state index in [4.69, 9.17) is 4.74 Å². The van der Waals surface area contributed by atoms with Gasteiger partial charge in [0.1, 0.15) is 11.6 Å². The highest BCUT2D eigenvalue weighted by Gasteiger charge is 2.34. The van der Waals surface area contributed by atoms with Gasteiger partial charge in [-0.1, -0.05) is 24.3 Å². The van der Waals surface area contributed by atoms with Gasteiger partial charge in [0.05, 0.1) is 19.8 Å². The summed E-state index contributed by atoms with van der Waals surface area (Å²) in [6.07, 6.45) is 1.79. The molecule has 5 heteroatoms. The van der Waals surface area contributed by atoms with E-state index in [1.54, 1.807) is 38.1 Å². The largest absolute Gasteiger partial charge is 0.497 e. The van der Waals surface area contributed by atoms with E-state index < -0.39 is 6.10 Å². The monoisotopic (exact) mass is 385 g/mol. The number of aryl methyl sites for hydroxylation is 1. The average molecular weight is 385 g/mol. The fourth-order valence-electron chi connectivity index (χ4n) is 3.61. The topological polar surface area (TPSA) is 49.8 Å². The number of aliphatic hydroxyl groups is 1. The summed E-state index contributed by atoms with van der Waals surface area (Å²) in [6.45, 7) is 1.97. The first-order valence-electron chi connectivity index (χ1n) is 9.71. The molecule has 1 saturated carbocycles. The summed E-state index contributed by atoms with van der Waals surface area (Å²) in [6, 6.07) is 12.4. The lowest BCUT2D eigenvalue weighted by Gasteiger charge is -2.24. The van der Waals surface area contributed by atoms with Gasteiger partial charge in [0, 0.05) is 13.5 Å². The first-order valence-corrected chi connectivity index (χ1v) is 9.71. The number of carbonyl (C=O) groups excluding carboxylic acids is 1. The van der Waals surface area contributed by atoms with Crippen LogP contribution in [-0.4, -0.2) is 36.6 Å². The third-order valence-corrected chi connectivity index (χ3v) is 5.55. The second kappa shape index (κ2) is 8.74. The van der Waals surface area contributed by atoms with E-state index >= 15 is 0 Å². The number of hydrogen-bond acceptors (Lipinski definition) is 3. The average Bonchev–Trinajstić information content (AvgIpc) is 3.53. The molecule has 28 heavy (non-hydrogen) atoms. The number of likely N-dealkylation sites (N-methyl/N-ethyl adjacent to an activating group) is 1. The van der Waals surface area contributed by atoms with Crippen molar-refractivity contribution in [1.29, 1.82) is 0 Å². The fraction of sp³-hybridized carbons (Fsp3) is 0.435. The third-order valence-electron chi connectivity index (χ3n) is 5.55. The molecule has 3 rings (SSSR count). The van der Waals surface area contributed by atoms with E-state index in [1.807, 2.05) is 24.3 Å². The number of aliphatic hydroxyl groups excluding tert-OH is 1. The molecule has 4 nitrogen and oxygen atoms in total. The van der Waals surface area contributed by atoms with Gasteiger partial charge in [0.15, 0.2) is 0 Å². The summed E-state index contributed by atoms with van der Waals surface area (Å²) < 4.78 is 18.8. The molecular weight excluding hydrogens is 357 g/mol. The van der Waals surface area contributed by atoms with Gasteiger partial charge in [-0.15, -0.1) is 0 Å². The summed E-state index contributed by atoms with van der Waals surface area (Å²) in [5, 5.41) is 10.5. The zero-order valence-corrected chi connectivity index (χ0v) is 16.7. The van der Waals surface area contributed by atoms with Gasteiger partial charge in [-0.2, -0.15) is 0 Å². The van der Waals surface area contributed by atoms with Crippen LogP contribution < -0.4 is 4.74 Å². The Kier molecular flexibility index (Phi) is 6.35. The van der Waals surface area contributed by atoms with Gasteiger partial charge in [-0.3, -0.25) is 4.79 Å². The number of nitrogens with zero attached hydrogens (tertiary/aromatic N) is 1. The van der Waals surface area contributed by atoms with Crippen LogP contribution in [0.15, 0.2) is 42.5 Å². The number of ether oxygens (including phenoxy) is 1. The van der Waals surface area contributed by atoms with Crippen LogP contribution in [0, 0.1) is 18.7 Å². The number of benzene rings is 2. The van der Waals surface area contributed by atoms with Crippen molar-refractivity contribution in [1.82, 2.24) is 4.90 Å². The van der Waals surface area contributed by atoms with E-state index in [0.29, 0.717) is 29.2 Å². The first kappa shape index (κ1) is 20.3. The maximum Gasteiger partial charge on any atom is 0.223 e. The van der Waals surface area contributed by atoms with Crippen molar-refractivity contribution < 1.29 is 19.0 Å². The molecule has 1 aliphatic rings. The van der Waals surface area contributed by atoms with Gasteiger partial charge in [0.2, 0.25) is 5.91 Å². The summed E-state index contributed by atoms with van der Waals surface area (Å²) >= 11 is 0. The Hall–Kier alpha value is -2.40. The van der Waals surface area contributed by atoms with Gasteiger partial charge < -0.3 is 14.7 Å². The molecule has 1 N–H and O–H groups in total. The van der Waals surface area contributed by atoms with E-state index in [-0.39, 0.29) is 24.2 Å². The van der Waals surface area contributed by atoms with Crippen LogP contribution in [0.4, 0.5) is 4.39 Å². The molecule has 1 amide bonds. The van der Waals surface area contributed by atoms with Crippen LogP contribution in [0.2, 0.25) is 0 Å². The highest BCUT2D eigenvalue weighted by atomic mass is 19.1. The molecule has 0 radical (unpaired) electrons. The van der Waals surface area contributed by atoms with Crippen LogP contribution in [0.1, 0.15) is 48.0 Å². The Morgan fingerprint density at radius 1 is 1.25 bits per heavy atom. The fourth-order valence-corrected chi connectivity index (χ4v) is 3.61. The van der Waals surface area contributed by atoms with Crippen LogP contribution in [0.25, 0.3) is 0 Å². The predicted octanol–water partition coefficient (Wildman–Crippen LogP) is 4.22. The van der Waals surface area contributed by atoms with Gasteiger partial charge in [-0.25, -0.2) is 4.39 Å². The molecule has 0 heterocycles. The number of amides is 1. The molecule has 0 bridgehead atoms. The van der Waals surface area contributed by atoms with E-state index in [1.165, 1.54) is 6.07 Å². The number of halogens is 1. The maximum absolute atomic E-state index is 13.6. The Morgan fingerprint density at radius 2 is 2.00 bits per heavy atom. The molecule has 0 aromatic heterocycles. The molecule has 1 aliphatic carbocycles. The van der Waals surface area contributed by atoms with Crippen molar-refractivity contribution in [2.45, 2.75) is 38.2 Å². The van der Waals surface area contributed by atoms with Crippen molar-refractivity contribution in [2.75, 3.05) is 20.7 Å². The molecule has 2 aromatic carbocycles. The predicted molar refractivity (Wildman–Crippen MR) is 107 cm³/mol. The SMILES string of the molecule is COc1cccc(C(O)CN(C)C(=O)CC(c2ccc(F)c(C)c2)C2CC2)c1. The van der Waals surface area contributed by atoms with E-state index in [0.717, 1.165) is 18.4 Å². The van der Waals surface area contributed by atoms with Crippen molar-refractivity contribution >= 4 is 5.91 Å². The van der Waals surface area contributed by atoms with Crippen molar-refractivity contribution in [3.63, 3.8) is 0 Å². The zero-order chi connectivity index (χ0) is 20.3. The van der Waals surface area contributed by atoms with Crippen LogP contribution in [-0.2, 0) is 4.79 Å². The molecule has 2 atom stereocenters. The summed E-state index contributed by atoms with van der Waals surface area (Å²) in [4.78, 5) is 14.4. The molecule has 0 aliphatic heterocycles. The van der Waals surface area contributed by atoms with Crippen molar-refractivity contribution in [2.24, 2.45) is 5.92 Å². The molecule has 0 spiro atoms. The lowest BCUT2D eigenvalue weighted by atomic mass is 9.89. The molecule has 2 unspecified atom stereocenters. The Bertz CT molecular complexity index is 834. The summed E-state index contributed by atoms with van der Waals surface area (Å²) in [5.41, 5.74) is 2.35. The number of hydrogen-bond donors (Lipinski definition) is 1. The van der Waals surface area contributed by atoms with Crippen LogP contribution in [0.5, 0.6) is 5.75 Å². The lowest BCUT2D eigenvalue weighted by Crippen LogP contribution is -2.32. The van der Waals surface area contributed by atoms with Crippen molar-refractivity contribution in [3.8, 4) is 5.75 Å². The number of rotatable bonds is 8. The molecule has 2 aromatic rings. The quantitative estimate of drug-likeness (QED) is 0.740. The minimum Gasteiger partial charge on any atom is -0.497 e. The van der Waals surface area contributed by atoms with E-state index in [9.17, 15) is 14.3 Å². The van der Waals surface area contributed by atoms with E-state index in [2.05, 4.69) is 0 Å². The van der Waals surface area contributed by atoms with Crippen LogP contribution in [0.3, 0.4) is 0 Å². The smallest absolute Gasteiger partial charge is 0.223 e. The minimum absolute atomic E-state index is 0.0131. The second-order valence-electron chi connectivity index (χ2n) is 7.72. The molecular formula is C23H28FNO3. The Labute approximate surface area is 165 Å². The van der Waals surface area contributed by atoms with Gasteiger partial charge in [0.25, 0.3) is 0 Å². The molecule has 0 saturated heterocycles. The second-order valence-corrected chi connectivity index (χ2v) is 7.72. The van der Waals surface area contributed by atoms with Gasteiger partial charge in [-0.05, 0) is 66.5 Å². The Balaban J connectivity index is 1.65. The highest BCUT2D eigenvalue weighted by molar-refractivity contribution is 5.77. The summed E-state index contributed by atoms with van der Waals surface area (Å²) in [7, 11) is 3.29. The maximum atomic E-state index is 13.6. The molecule has 1 fully saturated rings. The van der Waals surface area contributed by atoms with Crippen molar-refractivity contribution in [3.05, 3.63) is 65.0 Å². The van der Waals surface area contributed by atoms with Crippen LogP contribution >= 0.6 is 0 Å². The van der Waals surface area contributed by atoms with Gasteiger partial charge >= 0.3 is 0 Å². The minimum atomic E-state index is -0.781. The number of methoxy groups -OCH3 is 1. The third kappa shape index (κ3) is 4.90. The highest BCUT2D eigenvalue weighted by Crippen LogP contribution is 2.45. The summed E-state index contributed by atoms with van der Waals surface area (Å²) in [5.74, 6) is 1.02. The lowest BCUT2D eigenvalue weighted by molar-refractivity contribution is -0.131. The normalized spacial score (nSPS) is 15.8. The number of carbonyl (C=O) groups is 1. The standard InChI is InChI=1S/C23H28FNO3/c1-15-11-17(9-10-21(15)24)20(16-7-8-16)13-23(27)25(2)14-22(26)18-5-4-6-19(12-18)28-3/h4-6,9-12,16,20,22,26H,7-8,13-14H2,1-3H3. The first-order chi connectivity index (χ1) is 13.4.